The van der Waals surface area contributed by atoms with Gasteiger partial charge in [0.15, 0.2) is 0 Å². The molecule has 100 valence electrons. The normalized spacial score (nSPS) is 12.4. The molecule has 0 saturated heterocycles. The van der Waals surface area contributed by atoms with Gasteiger partial charge in [-0.05, 0) is 30.2 Å². The molecule has 0 spiro atoms. The summed E-state index contributed by atoms with van der Waals surface area (Å²) in [6.45, 7) is 0. The van der Waals surface area contributed by atoms with Crippen LogP contribution in [0.5, 0.6) is 0 Å². The van der Waals surface area contributed by atoms with Crippen molar-refractivity contribution in [1.82, 2.24) is 10.4 Å². The molecule has 3 nitrogen and oxygen atoms in total. The first-order valence-electron chi connectivity index (χ1n) is 5.61. The molecule has 0 aliphatic heterocycles. The Morgan fingerprint density at radius 3 is 2.53 bits per heavy atom. The molecular weight excluding hydrogens is 349 g/mol. The topological polar surface area (TPSA) is 50.9 Å². The molecule has 0 fully saturated rings. The lowest BCUT2D eigenvalue weighted by molar-refractivity contribution is 0.538. The zero-order valence-electron chi connectivity index (χ0n) is 9.91. The Morgan fingerprint density at radius 2 is 1.95 bits per heavy atom. The van der Waals surface area contributed by atoms with Crippen molar-refractivity contribution in [3.8, 4) is 0 Å². The van der Waals surface area contributed by atoms with Gasteiger partial charge in [-0.3, -0.25) is 16.3 Å². The summed E-state index contributed by atoms with van der Waals surface area (Å²) in [4.78, 5) is 4.25. The number of benzene rings is 1. The zero-order chi connectivity index (χ0) is 13.8. The standard InChI is InChI=1S/C13H12BrCl2N3/c14-9-3-1-8(2-4-9)5-12(19-17)13-11(16)6-10(15)7-18-13/h1-4,6-7,12,19H,5,17H2. The second-order valence-electron chi connectivity index (χ2n) is 4.07. The maximum Gasteiger partial charge on any atom is 0.0777 e. The maximum atomic E-state index is 6.14. The van der Waals surface area contributed by atoms with Crippen LogP contribution in [0.4, 0.5) is 0 Å². The number of nitrogens with two attached hydrogens (primary N) is 1. The Labute approximate surface area is 130 Å². The predicted octanol–water partition coefficient (Wildman–Crippen LogP) is 3.90. The van der Waals surface area contributed by atoms with Gasteiger partial charge in [-0.2, -0.15) is 0 Å². The van der Waals surface area contributed by atoms with E-state index >= 15 is 0 Å². The molecule has 1 aromatic heterocycles. The molecule has 0 bridgehead atoms. The van der Waals surface area contributed by atoms with Crippen LogP contribution in [0.25, 0.3) is 0 Å². The number of hydrazine groups is 1. The Hall–Kier alpha value is -0.650. The molecule has 1 aromatic carbocycles. The van der Waals surface area contributed by atoms with Gasteiger partial charge in [0.05, 0.1) is 21.8 Å². The van der Waals surface area contributed by atoms with Crippen molar-refractivity contribution in [2.45, 2.75) is 12.5 Å². The summed E-state index contributed by atoms with van der Waals surface area (Å²) < 4.78 is 1.04. The quantitative estimate of drug-likeness (QED) is 0.642. The number of hydrogen-bond donors (Lipinski definition) is 2. The van der Waals surface area contributed by atoms with E-state index in [0.717, 1.165) is 10.0 Å². The van der Waals surface area contributed by atoms with Crippen LogP contribution < -0.4 is 11.3 Å². The lowest BCUT2D eigenvalue weighted by Gasteiger charge is -2.17. The molecule has 0 saturated carbocycles. The van der Waals surface area contributed by atoms with Crippen LogP contribution in [0.15, 0.2) is 41.0 Å². The lowest BCUT2D eigenvalue weighted by atomic mass is 10.0. The third-order valence-corrected chi connectivity index (χ3v) is 3.76. The van der Waals surface area contributed by atoms with Crippen molar-refractivity contribution in [1.29, 1.82) is 0 Å². The van der Waals surface area contributed by atoms with Gasteiger partial charge in [0, 0.05) is 10.7 Å². The second-order valence-corrected chi connectivity index (χ2v) is 5.83. The van der Waals surface area contributed by atoms with Crippen LogP contribution in [0.1, 0.15) is 17.3 Å². The minimum Gasteiger partial charge on any atom is -0.271 e. The molecule has 19 heavy (non-hydrogen) atoms. The van der Waals surface area contributed by atoms with Crippen molar-refractivity contribution in [2.24, 2.45) is 5.84 Å². The number of nitrogens with one attached hydrogen (secondary N) is 1. The van der Waals surface area contributed by atoms with E-state index < -0.39 is 0 Å². The summed E-state index contributed by atoms with van der Waals surface area (Å²) in [5, 5.41) is 1.01. The molecule has 0 amide bonds. The van der Waals surface area contributed by atoms with E-state index in [1.54, 1.807) is 12.3 Å². The molecule has 1 heterocycles. The molecule has 1 atom stereocenters. The molecular formula is C13H12BrCl2N3. The molecule has 6 heteroatoms. The highest BCUT2D eigenvalue weighted by molar-refractivity contribution is 9.10. The summed E-state index contributed by atoms with van der Waals surface area (Å²) >= 11 is 15.4. The van der Waals surface area contributed by atoms with E-state index in [0.29, 0.717) is 22.2 Å². The Bertz CT molecular complexity index is 560. The average molecular weight is 361 g/mol. The van der Waals surface area contributed by atoms with Gasteiger partial charge in [0.2, 0.25) is 0 Å². The van der Waals surface area contributed by atoms with E-state index in [4.69, 9.17) is 29.0 Å². The van der Waals surface area contributed by atoms with Gasteiger partial charge in [-0.1, -0.05) is 51.3 Å². The summed E-state index contributed by atoms with van der Waals surface area (Å²) in [7, 11) is 0. The maximum absolute atomic E-state index is 6.14. The number of hydrogen-bond acceptors (Lipinski definition) is 3. The number of halogens is 3. The monoisotopic (exact) mass is 359 g/mol. The first-order valence-corrected chi connectivity index (χ1v) is 7.16. The highest BCUT2D eigenvalue weighted by atomic mass is 79.9. The lowest BCUT2D eigenvalue weighted by Crippen LogP contribution is -2.30. The van der Waals surface area contributed by atoms with E-state index in [9.17, 15) is 0 Å². The minimum atomic E-state index is -0.161. The zero-order valence-corrected chi connectivity index (χ0v) is 13.0. The van der Waals surface area contributed by atoms with Gasteiger partial charge in [0.25, 0.3) is 0 Å². The summed E-state index contributed by atoms with van der Waals surface area (Å²) in [6.07, 6.45) is 2.26. The minimum absolute atomic E-state index is 0.161. The fourth-order valence-corrected chi connectivity index (χ4v) is 2.55. The summed E-state index contributed by atoms with van der Waals surface area (Å²) in [6, 6.07) is 9.53. The second kappa shape index (κ2) is 6.68. The molecule has 0 aliphatic rings. The fourth-order valence-electron chi connectivity index (χ4n) is 1.77. The van der Waals surface area contributed by atoms with Crippen LogP contribution in [-0.4, -0.2) is 4.98 Å². The van der Waals surface area contributed by atoms with Gasteiger partial charge in [0.1, 0.15) is 0 Å². The first-order chi connectivity index (χ1) is 9.10. The van der Waals surface area contributed by atoms with Gasteiger partial charge < -0.3 is 0 Å². The molecule has 2 aromatic rings. The predicted molar refractivity (Wildman–Crippen MR) is 82.2 cm³/mol. The first kappa shape index (κ1) is 14.8. The van der Waals surface area contributed by atoms with E-state index in [2.05, 4.69) is 26.3 Å². The number of nitrogens with zero attached hydrogens (tertiary/aromatic N) is 1. The van der Waals surface area contributed by atoms with Gasteiger partial charge in [-0.15, -0.1) is 0 Å². The van der Waals surface area contributed by atoms with Crippen molar-refractivity contribution >= 4 is 39.1 Å². The smallest absolute Gasteiger partial charge is 0.0777 e. The van der Waals surface area contributed by atoms with Crippen molar-refractivity contribution in [2.75, 3.05) is 0 Å². The van der Waals surface area contributed by atoms with Crippen molar-refractivity contribution in [3.63, 3.8) is 0 Å². The SMILES string of the molecule is NNC(Cc1ccc(Br)cc1)c1ncc(Cl)cc1Cl. The van der Waals surface area contributed by atoms with Crippen LogP contribution >= 0.6 is 39.1 Å². The van der Waals surface area contributed by atoms with Crippen LogP contribution in [0, 0.1) is 0 Å². The molecule has 2 rings (SSSR count). The molecule has 3 N–H and O–H groups in total. The highest BCUT2D eigenvalue weighted by Crippen LogP contribution is 2.26. The summed E-state index contributed by atoms with van der Waals surface area (Å²) in [5.74, 6) is 5.60. The Kier molecular flexibility index (Phi) is 5.19. The summed E-state index contributed by atoms with van der Waals surface area (Å²) in [5.41, 5.74) is 4.57. The average Bonchev–Trinajstić information content (AvgIpc) is 2.39. The molecule has 1 unspecified atom stereocenters. The van der Waals surface area contributed by atoms with E-state index in [-0.39, 0.29) is 6.04 Å². The Balaban J connectivity index is 2.22. The van der Waals surface area contributed by atoms with Gasteiger partial charge in [-0.25, -0.2) is 0 Å². The fraction of sp³-hybridized carbons (Fsp3) is 0.154. The van der Waals surface area contributed by atoms with Crippen molar-refractivity contribution < 1.29 is 0 Å². The largest absolute Gasteiger partial charge is 0.271 e. The third-order valence-electron chi connectivity index (χ3n) is 2.72. The number of pyridine rings is 1. The van der Waals surface area contributed by atoms with E-state index in [1.165, 1.54) is 0 Å². The number of rotatable bonds is 4. The van der Waals surface area contributed by atoms with Crippen LogP contribution in [0.2, 0.25) is 10.0 Å². The molecule has 0 radical (unpaired) electrons. The molecule has 0 aliphatic carbocycles. The van der Waals surface area contributed by atoms with Crippen molar-refractivity contribution in [3.05, 3.63) is 62.3 Å². The third kappa shape index (κ3) is 3.91. The number of aromatic nitrogens is 1. The van der Waals surface area contributed by atoms with E-state index in [1.807, 2.05) is 24.3 Å². The van der Waals surface area contributed by atoms with Gasteiger partial charge >= 0.3 is 0 Å². The Morgan fingerprint density at radius 1 is 1.26 bits per heavy atom. The van der Waals surface area contributed by atoms with Crippen LogP contribution in [0.3, 0.4) is 0 Å². The van der Waals surface area contributed by atoms with Crippen LogP contribution in [-0.2, 0) is 6.42 Å². The highest BCUT2D eigenvalue weighted by Gasteiger charge is 2.16.